The molecule has 10 heteroatoms. The van der Waals surface area contributed by atoms with Crippen LogP contribution in [0.25, 0.3) is 21.7 Å². The van der Waals surface area contributed by atoms with E-state index in [2.05, 4.69) is 4.98 Å². The van der Waals surface area contributed by atoms with E-state index in [9.17, 15) is 19.1 Å². The van der Waals surface area contributed by atoms with Gasteiger partial charge in [-0.3, -0.25) is 19.3 Å². The number of thiazole rings is 1. The number of carbonyl (C=O) groups excluding carboxylic acids is 1. The van der Waals surface area contributed by atoms with E-state index in [1.165, 1.54) is 23.6 Å². The zero-order valence-electron chi connectivity index (χ0n) is 20.6. The average Bonchev–Trinajstić information content (AvgIpc) is 3.53. The molecule has 4 heterocycles. The molecule has 8 rings (SSSR count). The summed E-state index contributed by atoms with van der Waals surface area (Å²) in [6, 6.07) is 11.0. The Kier molecular flexibility index (Phi) is 4.55. The van der Waals surface area contributed by atoms with Gasteiger partial charge in [0.15, 0.2) is 23.1 Å². The molecule has 1 spiro atoms. The third kappa shape index (κ3) is 3.03. The van der Waals surface area contributed by atoms with E-state index >= 15 is 4.39 Å². The second-order valence-electron chi connectivity index (χ2n) is 10.9. The lowest BCUT2D eigenvalue weighted by Crippen LogP contribution is -2.65. The van der Waals surface area contributed by atoms with Crippen molar-refractivity contribution in [3.8, 4) is 27.4 Å². The summed E-state index contributed by atoms with van der Waals surface area (Å²) in [5.41, 5.74) is 3.61. The SMILES string of the molecule is O=C1c2c(O)c(=O)ccn2N([C@@H]2c3ccccc3-c3scnc3-c3c2ccc(F)c3F)[C@@H]2CC3(CCN12)CC3. The maximum absolute atomic E-state index is 15.7. The molecule has 2 aromatic carbocycles. The molecule has 1 N–H and O–H groups in total. The Labute approximate surface area is 225 Å². The number of benzene rings is 2. The van der Waals surface area contributed by atoms with Crippen molar-refractivity contribution in [1.82, 2.24) is 14.6 Å². The van der Waals surface area contributed by atoms with Crippen molar-refractivity contribution in [1.29, 1.82) is 0 Å². The Balaban J connectivity index is 1.47. The number of piperidine rings is 1. The van der Waals surface area contributed by atoms with Gasteiger partial charge in [0.2, 0.25) is 5.43 Å². The average molecular weight is 545 g/mol. The van der Waals surface area contributed by atoms with E-state index in [4.69, 9.17) is 0 Å². The molecule has 2 aliphatic heterocycles. The molecule has 0 radical (unpaired) electrons. The van der Waals surface area contributed by atoms with Gasteiger partial charge < -0.3 is 10.0 Å². The smallest absolute Gasteiger partial charge is 0.278 e. The quantitative estimate of drug-likeness (QED) is 0.364. The van der Waals surface area contributed by atoms with Crippen molar-refractivity contribution in [3.05, 3.63) is 92.9 Å². The van der Waals surface area contributed by atoms with Crippen LogP contribution in [-0.4, -0.2) is 38.3 Å². The molecule has 1 amide bonds. The van der Waals surface area contributed by atoms with Crippen molar-refractivity contribution >= 4 is 17.2 Å². The number of amides is 1. The molecule has 39 heavy (non-hydrogen) atoms. The number of hydrogen-bond acceptors (Lipinski definition) is 6. The summed E-state index contributed by atoms with van der Waals surface area (Å²) in [6.45, 7) is 0.483. The second kappa shape index (κ2) is 7.75. The lowest BCUT2D eigenvalue weighted by atomic mass is 9.87. The van der Waals surface area contributed by atoms with E-state index in [0.717, 1.165) is 41.3 Å². The molecule has 196 valence electrons. The van der Waals surface area contributed by atoms with Gasteiger partial charge in [0.1, 0.15) is 6.17 Å². The van der Waals surface area contributed by atoms with Crippen LogP contribution in [0.15, 0.2) is 59.0 Å². The van der Waals surface area contributed by atoms with E-state index in [1.807, 2.05) is 29.3 Å². The number of hydrogen-bond donors (Lipinski definition) is 1. The Morgan fingerprint density at radius 2 is 1.85 bits per heavy atom. The monoisotopic (exact) mass is 544 g/mol. The van der Waals surface area contributed by atoms with Crippen molar-refractivity contribution in [2.75, 3.05) is 11.6 Å². The van der Waals surface area contributed by atoms with E-state index < -0.39 is 40.9 Å². The van der Waals surface area contributed by atoms with Gasteiger partial charge in [-0.15, -0.1) is 11.3 Å². The minimum atomic E-state index is -0.979. The molecular formula is C29H22F2N4O3S. The lowest BCUT2D eigenvalue weighted by Gasteiger charge is -2.53. The van der Waals surface area contributed by atoms with Crippen LogP contribution in [0.3, 0.4) is 0 Å². The summed E-state index contributed by atoms with van der Waals surface area (Å²) in [7, 11) is 0. The maximum atomic E-state index is 15.7. The Hall–Kier alpha value is -4.05. The summed E-state index contributed by atoms with van der Waals surface area (Å²) in [5, 5.41) is 12.8. The molecule has 2 atom stereocenters. The first-order valence-electron chi connectivity index (χ1n) is 12.9. The predicted molar refractivity (Wildman–Crippen MR) is 141 cm³/mol. The van der Waals surface area contributed by atoms with Gasteiger partial charge in [-0.1, -0.05) is 30.3 Å². The molecule has 1 saturated heterocycles. The molecule has 2 fully saturated rings. The number of halogens is 2. The van der Waals surface area contributed by atoms with Crippen LogP contribution in [0.5, 0.6) is 5.75 Å². The highest BCUT2D eigenvalue weighted by Gasteiger charge is 2.55. The Morgan fingerprint density at radius 3 is 2.67 bits per heavy atom. The number of aromatic nitrogens is 2. The molecule has 2 aromatic heterocycles. The highest BCUT2D eigenvalue weighted by Crippen LogP contribution is 2.58. The topological polar surface area (TPSA) is 78.7 Å². The molecular weight excluding hydrogens is 522 g/mol. The molecule has 4 aliphatic rings. The maximum Gasteiger partial charge on any atom is 0.278 e. The lowest BCUT2D eigenvalue weighted by molar-refractivity contribution is 0.0349. The van der Waals surface area contributed by atoms with Crippen molar-refractivity contribution in [2.24, 2.45) is 5.41 Å². The van der Waals surface area contributed by atoms with Gasteiger partial charge in [0.05, 0.1) is 22.1 Å². The predicted octanol–water partition coefficient (Wildman–Crippen LogP) is 5.02. The normalized spacial score (nSPS) is 21.9. The number of aromatic hydroxyl groups is 1. The van der Waals surface area contributed by atoms with Crippen LogP contribution < -0.4 is 10.4 Å². The van der Waals surface area contributed by atoms with Gasteiger partial charge in [-0.25, -0.2) is 13.8 Å². The third-order valence-electron chi connectivity index (χ3n) is 8.88. The summed E-state index contributed by atoms with van der Waals surface area (Å²) in [6.07, 6.45) is 4.76. The fourth-order valence-corrected chi connectivity index (χ4v) is 7.58. The molecule has 0 bridgehead atoms. The highest BCUT2D eigenvalue weighted by molar-refractivity contribution is 7.13. The number of rotatable bonds is 1. The van der Waals surface area contributed by atoms with Crippen molar-refractivity contribution < 1.29 is 18.7 Å². The summed E-state index contributed by atoms with van der Waals surface area (Å²) in [4.78, 5) is 33.2. The molecule has 4 aromatic rings. The Morgan fingerprint density at radius 1 is 1.03 bits per heavy atom. The van der Waals surface area contributed by atoms with Crippen LogP contribution in [-0.2, 0) is 0 Å². The van der Waals surface area contributed by atoms with Crippen molar-refractivity contribution in [3.63, 3.8) is 0 Å². The number of carbonyl (C=O) groups is 1. The van der Waals surface area contributed by atoms with Crippen LogP contribution in [0, 0.1) is 17.0 Å². The number of fused-ring (bicyclic) bond motifs is 7. The first-order chi connectivity index (χ1) is 18.9. The molecule has 7 nitrogen and oxygen atoms in total. The van der Waals surface area contributed by atoms with E-state index in [0.29, 0.717) is 24.2 Å². The van der Waals surface area contributed by atoms with Crippen LogP contribution >= 0.6 is 11.3 Å². The van der Waals surface area contributed by atoms with Crippen molar-refractivity contribution in [2.45, 2.75) is 37.9 Å². The fraction of sp³-hybridized carbons (Fsp3) is 0.276. The minimum Gasteiger partial charge on any atom is -0.502 e. The van der Waals surface area contributed by atoms with Gasteiger partial charge in [0.25, 0.3) is 5.91 Å². The number of nitrogens with zero attached hydrogens (tertiary/aromatic N) is 4. The van der Waals surface area contributed by atoms with E-state index in [-0.39, 0.29) is 16.7 Å². The Bertz CT molecular complexity index is 1780. The van der Waals surface area contributed by atoms with Crippen LogP contribution in [0.2, 0.25) is 0 Å². The standard InChI is InChI=1S/C29H22F2N4O3S/c30-18-6-5-17-21(22(18)31)23-27(39-14-32-23)16-4-2-1-3-15(16)24(17)35-20-13-29(8-9-29)10-12-33(20)28(38)25-26(37)19(36)7-11-34(25)35/h1-7,11,14,20,24,37H,8-10,12-13H2/t20-,24-/m1/s1. The molecule has 1 saturated carbocycles. The minimum absolute atomic E-state index is 0.0830. The molecule has 0 unspecified atom stereocenters. The summed E-state index contributed by atoms with van der Waals surface area (Å²) < 4.78 is 32.1. The van der Waals surface area contributed by atoms with Gasteiger partial charge >= 0.3 is 0 Å². The first-order valence-corrected chi connectivity index (χ1v) is 13.8. The summed E-state index contributed by atoms with van der Waals surface area (Å²) >= 11 is 1.36. The first kappa shape index (κ1) is 22.9. The zero-order valence-corrected chi connectivity index (χ0v) is 21.4. The molecule has 2 aliphatic carbocycles. The number of pyridine rings is 1. The highest BCUT2D eigenvalue weighted by atomic mass is 32.1. The largest absolute Gasteiger partial charge is 0.502 e. The zero-order chi connectivity index (χ0) is 26.6. The van der Waals surface area contributed by atoms with Crippen LogP contribution in [0.4, 0.5) is 8.78 Å². The summed E-state index contributed by atoms with van der Waals surface area (Å²) in [5.74, 6) is -2.97. The van der Waals surface area contributed by atoms with E-state index in [1.54, 1.807) is 21.2 Å². The fourth-order valence-electron chi connectivity index (χ4n) is 6.74. The van der Waals surface area contributed by atoms with Gasteiger partial charge in [0, 0.05) is 24.4 Å². The third-order valence-corrected chi connectivity index (χ3v) is 9.74. The second-order valence-corrected chi connectivity index (χ2v) is 11.7. The van der Waals surface area contributed by atoms with Gasteiger partial charge in [-0.2, -0.15) is 0 Å². The van der Waals surface area contributed by atoms with Gasteiger partial charge in [-0.05, 0) is 53.9 Å². The van der Waals surface area contributed by atoms with Crippen LogP contribution in [0.1, 0.15) is 53.3 Å².